The second-order valence-electron chi connectivity index (χ2n) is 6.47. The number of carbonyl (C=O) groups excluding carboxylic acids is 1. The van der Waals surface area contributed by atoms with Crippen LogP contribution in [0, 0.1) is 0 Å². The van der Waals surface area contributed by atoms with Gasteiger partial charge in [-0.2, -0.15) is 0 Å². The molecule has 4 heteroatoms. The van der Waals surface area contributed by atoms with Crippen LogP contribution < -0.4 is 10.1 Å². The first-order chi connectivity index (χ1) is 12.2. The predicted molar refractivity (Wildman–Crippen MR) is 99.8 cm³/mol. The molecule has 1 saturated carbocycles. The van der Waals surface area contributed by atoms with Gasteiger partial charge in [0.05, 0.1) is 29.8 Å². The van der Waals surface area contributed by atoms with Crippen molar-refractivity contribution in [1.82, 2.24) is 0 Å². The summed E-state index contributed by atoms with van der Waals surface area (Å²) in [6.45, 7) is 1.95. The molecule has 1 unspecified atom stereocenters. The molecule has 1 N–H and O–H groups in total. The Morgan fingerprint density at radius 3 is 2.68 bits per heavy atom. The lowest BCUT2D eigenvalue weighted by molar-refractivity contribution is -0.115. The summed E-state index contributed by atoms with van der Waals surface area (Å²) in [5.74, 6) is 1.06. The third kappa shape index (κ3) is 2.74. The molecule has 1 fully saturated rings. The minimum atomic E-state index is 0.0872. The molecule has 4 nitrogen and oxygen atoms in total. The lowest BCUT2D eigenvalue weighted by Gasteiger charge is -2.26. The molecule has 1 atom stereocenters. The molecule has 2 aliphatic rings. The number of allylic oxidation sites excluding steroid dienone is 2. The number of Topliss-reactive ketones (excluding diaryl/α,β-unsaturated/α-hetero) is 1. The molecule has 0 aromatic heterocycles. The first-order valence-corrected chi connectivity index (χ1v) is 8.48. The van der Waals surface area contributed by atoms with Gasteiger partial charge in [-0.05, 0) is 37.1 Å². The molecule has 126 valence electrons. The van der Waals surface area contributed by atoms with Crippen molar-refractivity contribution in [2.24, 2.45) is 4.99 Å². The zero-order valence-electron chi connectivity index (χ0n) is 14.4. The quantitative estimate of drug-likeness (QED) is 0.873. The number of ketones is 1. The van der Waals surface area contributed by atoms with E-state index in [1.807, 2.05) is 55.5 Å². The van der Waals surface area contributed by atoms with E-state index in [9.17, 15) is 4.79 Å². The average molecular weight is 332 g/mol. The number of anilines is 1. The molecule has 0 amide bonds. The Labute approximate surface area is 147 Å². The molecule has 0 radical (unpaired) electrons. The van der Waals surface area contributed by atoms with E-state index in [-0.39, 0.29) is 11.7 Å². The summed E-state index contributed by atoms with van der Waals surface area (Å²) in [5.41, 5.74) is 5.37. The minimum absolute atomic E-state index is 0.0872. The zero-order chi connectivity index (χ0) is 17.4. The second kappa shape index (κ2) is 6.20. The van der Waals surface area contributed by atoms with E-state index in [1.165, 1.54) is 0 Å². The Kier molecular flexibility index (Phi) is 3.88. The molecule has 0 spiro atoms. The van der Waals surface area contributed by atoms with Crippen molar-refractivity contribution in [2.45, 2.75) is 25.7 Å². The SMILES string of the molecule is COc1ccccc1C1CC(=O)C2=C(C)Nc3ccccc3N=C2C1. The first-order valence-electron chi connectivity index (χ1n) is 8.48. The summed E-state index contributed by atoms with van der Waals surface area (Å²) in [5, 5.41) is 3.35. The summed E-state index contributed by atoms with van der Waals surface area (Å²) < 4.78 is 5.50. The molecule has 4 rings (SSSR count). The average Bonchev–Trinajstić information content (AvgIpc) is 2.77. The number of nitrogens with zero attached hydrogens (tertiary/aromatic N) is 1. The van der Waals surface area contributed by atoms with Crippen LogP contribution in [0.5, 0.6) is 5.75 Å². The van der Waals surface area contributed by atoms with Crippen molar-refractivity contribution in [1.29, 1.82) is 0 Å². The van der Waals surface area contributed by atoms with E-state index in [0.717, 1.165) is 46.1 Å². The maximum atomic E-state index is 12.9. The number of hydrogen-bond acceptors (Lipinski definition) is 4. The van der Waals surface area contributed by atoms with E-state index in [0.29, 0.717) is 6.42 Å². The second-order valence-corrected chi connectivity index (χ2v) is 6.47. The number of para-hydroxylation sites is 3. The highest BCUT2D eigenvalue weighted by Gasteiger charge is 2.33. The van der Waals surface area contributed by atoms with Gasteiger partial charge >= 0.3 is 0 Å². The maximum Gasteiger partial charge on any atom is 0.167 e. The number of benzene rings is 2. The molecule has 1 heterocycles. The van der Waals surface area contributed by atoms with Crippen molar-refractivity contribution in [2.75, 3.05) is 12.4 Å². The molecular formula is C21H20N2O2. The molecule has 0 bridgehead atoms. The Bertz CT molecular complexity index is 912. The standard InChI is InChI=1S/C21H20N2O2/c1-13-21-18(23-17-9-5-4-8-16(17)22-13)11-14(12-19(21)24)15-7-3-6-10-20(15)25-2/h3-10,14,22H,11-12H2,1-2H3. The molecule has 0 saturated heterocycles. The summed E-state index contributed by atoms with van der Waals surface area (Å²) in [6.07, 6.45) is 1.21. The van der Waals surface area contributed by atoms with E-state index < -0.39 is 0 Å². The van der Waals surface area contributed by atoms with Gasteiger partial charge in [0.15, 0.2) is 5.78 Å². The molecular weight excluding hydrogens is 312 g/mol. The van der Waals surface area contributed by atoms with Crippen LogP contribution in [0.2, 0.25) is 0 Å². The minimum Gasteiger partial charge on any atom is -0.496 e. The summed E-state index contributed by atoms with van der Waals surface area (Å²) >= 11 is 0. The fraction of sp³-hybridized carbons (Fsp3) is 0.238. The summed E-state index contributed by atoms with van der Waals surface area (Å²) in [7, 11) is 1.67. The largest absolute Gasteiger partial charge is 0.496 e. The van der Waals surface area contributed by atoms with Crippen molar-refractivity contribution < 1.29 is 9.53 Å². The van der Waals surface area contributed by atoms with Gasteiger partial charge in [-0.15, -0.1) is 0 Å². The van der Waals surface area contributed by atoms with Gasteiger partial charge in [0.25, 0.3) is 0 Å². The zero-order valence-corrected chi connectivity index (χ0v) is 14.4. The van der Waals surface area contributed by atoms with Gasteiger partial charge in [0.1, 0.15) is 5.75 Å². The predicted octanol–water partition coefficient (Wildman–Crippen LogP) is 4.61. The third-order valence-electron chi connectivity index (χ3n) is 4.87. The third-order valence-corrected chi connectivity index (χ3v) is 4.87. The van der Waals surface area contributed by atoms with Crippen molar-refractivity contribution in [3.8, 4) is 5.75 Å². The molecule has 1 aliphatic heterocycles. The lowest BCUT2D eigenvalue weighted by atomic mass is 9.78. The normalized spacial score (nSPS) is 19.4. The van der Waals surface area contributed by atoms with Crippen LogP contribution in [0.3, 0.4) is 0 Å². The van der Waals surface area contributed by atoms with Gasteiger partial charge in [-0.1, -0.05) is 30.3 Å². The van der Waals surface area contributed by atoms with E-state index in [4.69, 9.17) is 9.73 Å². The smallest absolute Gasteiger partial charge is 0.167 e. The van der Waals surface area contributed by atoms with E-state index >= 15 is 0 Å². The fourth-order valence-corrected chi connectivity index (χ4v) is 3.73. The highest BCUT2D eigenvalue weighted by molar-refractivity contribution is 6.26. The highest BCUT2D eigenvalue weighted by atomic mass is 16.5. The van der Waals surface area contributed by atoms with Crippen LogP contribution in [0.25, 0.3) is 0 Å². The van der Waals surface area contributed by atoms with Crippen LogP contribution in [-0.4, -0.2) is 18.6 Å². The topological polar surface area (TPSA) is 50.7 Å². The number of hydrogen-bond donors (Lipinski definition) is 1. The Morgan fingerprint density at radius 2 is 1.84 bits per heavy atom. The number of ether oxygens (including phenoxy) is 1. The van der Waals surface area contributed by atoms with Crippen LogP contribution in [0.15, 0.2) is 64.8 Å². The number of fused-ring (bicyclic) bond motifs is 2. The number of nitrogens with one attached hydrogen (secondary N) is 1. The number of carbonyl (C=O) groups is 1. The molecule has 25 heavy (non-hydrogen) atoms. The maximum absolute atomic E-state index is 12.9. The number of methoxy groups -OCH3 is 1. The van der Waals surface area contributed by atoms with Gasteiger partial charge in [0, 0.05) is 18.0 Å². The number of aliphatic imine (C=N–C) groups is 1. The van der Waals surface area contributed by atoms with E-state index in [2.05, 4.69) is 5.32 Å². The van der Waals surface area contributed by atoms with Gasteiger partial charge in [-0.25, -0.2) is 0 Å². The van der Waals surface area contributed by atoms with Crippen LogP contribution in [-0.2, 0) is 4.79 Å². The summed E-state index contributed by atoms with van der Waals surface area (Å²) in [6, 6.07) is 15.8. The molecule has 2 aromatic carbocycles. The van der Waals surface area contributed by atoms with Gasteiger partial charge in [-0.3, -0.25) is 9.79 Å². The lowest BCUT2D eigenvalue weighted by Crippen LogP contribution is -2.26. The summed E-state index contributed by atoms with van der Waals surface area (Å²) in [4.78, 5) is 17.7. The highest BCUT2D eigenvalue weighted by Crippen LogP contribution is 2.40. The van der Waals surface area contributed by atoms with Gasteiger partial charge in [0.2, 0.25) is 0 Å². The Hall–Kier alpha value is -2.88. The van der Waals surface area contributed by atoms with Crippen LogP contribution >= 0.6 is 0 Å². The molecule has 1 aliphatic carbocycles. The monoisotopic (exact) mass is 332 g/mol. The van der Waals surface area contributed by atoms with Crippen molar-refractivity contribution in [3.05, 3.63) is 65.4 Å². The van der Waals surface area contributed by atoms with Crippen LogP contribution in [0.1, 0.15) is 31.2 Å². The first kappa shape index (κ1) is 15.6. The van der Waals surface area contributed by atoms with Gasteiger partial charge < -0.3 is 10.1 Å². The Morgan fingerprint density at radius 1 is 1.08 bits per heavy atom. The number of rotatable bonds is 2. The van der Waals surface area contributed by atoms with Crippen molar-refractivity contribution in [3.63, 3.8) is 0 Å². The van der Waals surface area contributed by atoms with Crippen LogP contribution in [0.4, 0.5) is 11.4 Å². The Balaban J connectivity index is 1.79. The fourth-order valence-electron chi connectivity index (χ4n) is 3.73. The van der Waals surface area contributed by atoms with Crippen molar-refractivity contribution >= 4 is 22.9 Å². The van der Waals surface area contributed by atoms with E-state index in [1.54, 1.807) is 7.11 Å². The molecule has 2 aromatic rings.